The summed E-state index contributed by atoms with van der Waals surface area (Å²) >= 11 is 0. The summed E-state index contributed by atoms with van der Waals surface area (Å²) in [4.78, 5) is 172. The minimum atomic E-state index is -5.20. The topological polar surface area (TPSA) is 268 Å². The van der Waals surface area contributed by atoms with E-state index in [-0.39, 0.29) is 109 Å². The number of fused-ring (bicyclic) bond motifs is 2. The fraction of sp³-hybridized carbons (Fsp3) is 0.845. The van der Waals surface area contributed by atoms with Crippen LogP contribution >= 0.6 is 0 Å². The van der Waals surface area contributed by atoms with Gasteiger partial charge in [0.2, 0.25) is 65.0 Å². The van der Waals surface area contributed by atoms with E-state index >= 15 is 28.0 Å². The van der Waals surface area contributed by atoms with Crippen molar-refractivity contribution >= 4 is 65.0 Å². The van der Waals surface area contributed by atoms with Gasteiger partial charge >= 0.3 is 12.4 Å². The van der Waals surface area contributed by atoms with Crippen molar-refractivity contribution in [1.82, 2.24) is 55.6 Å². The van der Waals surface area contributed by atoms with Crippen LogP contribution in [0.15, 0.2) is 0 Å². The maximum absolute atomic E-state index is 15.5. The average Bonchev–Trinajstić information content (AvgIpc) is 1.57. The van der Waals surface area contributed by atoms with Crippen LogP contribution < -0.4 is 21.3 Å². The highest BCUT2D eigenvalue weighted by Crippen LogP contribution is 2.45. The predicted octanol–water partition coefficient (Wildman–Crippen LogP) is 6.77. The molecule has 3 heterocycles. The highest BCUT2D eigenvalue weighted by molar-refractivity contribution is 6.00. The van der Waals surface area contributed by atoms with Gasteiger partial charge in [-0.05, 0) is 147 Å². The van der Waals surface area contributed by atoms with Crippen molar-refractivity contribution in [1.29, 1.82) is 0 Å². The molecule has 0 aromatic heterocycles. The number of hydrogen-bond donors (Lipinski definition) is 4. The Balaban J connectivity index is 1.27. The molecule has 1 spiro atoms. The van der Waals surface area contributed by atoms with E-state index in [9.17, 15) is 59.9 Å². The molecular weight excluding hydrogens is 1350 g/mol. The van der Waals surface area contributed by atoms with Gasteiger partial charge in [-0.1, -0.05) is 59.8 Å². The van der Waals surface area contributed by atoms with E-state index in [2.05, 4.69) is 21.3 Å². The average molecular weight is 1460 g/mol. The summed E-state index contributed by atoms with van der Waals surface area (Å²) < 4.78 is 120. The Morgan fingerprint density at radius 3 is 1.76 bits per heavy atom. The van der Waals surface area contributed by atoms with E-state index < -0.39 is 211 Å². The molecule has 0 radical (unpaired) electrons. The van der Waals surface area contributed by atoms with Crippen LogP contribution in [0.25, 0.3) is 0 Å². The Hall–Kier alpha value is -6.43. The van der Waals surface area contributed by atoms with Crippen LogP contribution in [0.5, 0.6) is 0 Å². The molecule has 0 bridgehead atoms. The quantitative estimate of drug-likeness (QED) is 0.148. The third-order valence-electron chi connectivity index (χ3n) is 23.3. The number of nitrogens with zero attached hydrogens (tertiary/aromatic N) is 7. The Morgan fingerprint density at radius 1 is 0.598 bits per heavy atom. The molecule has 7 aliphatic rings. The number of alkyl halides is 8. The summed E-state index contributed by atoms with van der Waals surface area (Å²) in [6.07, 6.45) is -14.7. The maximum Gasteiger partial charge on any atom is 0.397 e. The lowest BCUT2D eigenvalue weighted by atomic mass is 9.76. The van der Waals surface area contributed by atoms with Crippen molar-refractivity contribution in [2.75, 3.05) is 61.5 Å². The molecule has 31 heteroatoms. The fourth-order valence-electron chi connectivity index (χ4n) is 16.6. The van der Waals surface area contributed by atoms with Crippen molar-refractivity contribution in [3.05, 3.63) is 0 Å². The molecule has 578 valence electrons. The number of rotatable bonds is 12. The van der Waals surface area contributed by atoms with Crippen molar-refractivity contribution in [3.63, 3.8) is 0 Å². The standard InChI is InChI=1S/C71H111F8N11O12/c1-13-40(5)58-66(99)86(10)42(7)63(96)89-30-27-52(89)60(93)81-51(35-43-21-24-46(25-22-43)70(74,75)76)64(97)84(8)38-55(91)80-50(26-23-44-33-48(72)57(49(73)34-44)71(77,78)79)65(98)90-37-47(102-14-2)36-54(90)62(95)83-69(28-17-18-29-69)68(101)88(12)59(45-19-15-16-20-45)67(100)85(9)41(6)32-56(92)87(11)53(31-39(3)4)61(94)82-58/h39-54,57-59H,13-38H2,1-12H3,(H,80,91)(H,81,93)(H,82,94)(H,83,95)/t40-,41+,42-,43?,44?,46?,47+,48?,49?,50-,51-,52-,53-,54-,57?,58-,59-/m0/s1. The molecule has 4 N–H and O–H groups in total. The number of amides is 11. The summed E-state index contributed by atoms with van der Waals surface area (Å²) in [6.45, 7) is 11.1. The largest absolute Gasteiger partial charge is 0.397 e. The molecule has 23 nitrogen and oxygen atoms in total. The molecule has 7 fully saturated rings. The third kappa shape index (κ3) is 19.7. The summed E-state index contributed by atoms with van der Waals surface area (Å²) in [7, 11) is 7.05. The van der Waals surface area contributed by atoms with Crippen LogP contribution in [0.1, 0.15) is 190 Å². The first-order valence-corrected chi connectivity index (χ1v) is 36.9. The van der Waals surface area contributed by atoms with E-state index in [0.29, 0.717) is 32.1 Å². The van der Waals surface area contributed by atoms with Gasteiger partial charge in [-0.3, -0.25) is 52.7 Å². The molecule has 7 rings (SSSR count). The van der Waals surface area contributed by atoms with Gasteiger partial charge in [-0.15, -0.1) is 0 Å². The normalized spacial score (nSPS) is 33.5. The van der Waals surface area contributed by atoms with Crippen molar-refractivity contribution in [3.8, 4) is 0 Å². The van der Waals surface area contributed by atoms with Crippen molar-refractivity contribution in [2.24, 2.45) is 41.4 Å². The van der Waals surface area contributed by atoms with Crippen LogP contribution in [0, 0.1) is 41.4 Å². The Kier molecular flexibility index (Phi) is 28.5. The number of nitrogens with one attached hydrogen (secondary N) is 4. The number of carbonyl (C=O) groups excluding carboxylic acids is 11. The first-order valence-electron chi connectivity index (χ1n) is 36.9. The van der Waals surface area contributed by atoms with Gasteiger partial charge in [0.15, 0.2) is 0 Å². The molecule has 2 unspecified atom stereocenters. The number of ether oxygens (including phenoxy) is 1. The lowest BCUT2D eigenvalue weighted by Gasteiger charge is -2.43. The molecule has 11 amide bonds. The van der Waals surface area contributed by atoms with E-state index in [4.69, 9.17) is 4.74 Å². The third-order valence-corrected chi connectivity index (χ3v) is 23.3. The number of carbonyl (C=O) groups is 11. The van der Waals surface area contributed by atoms with Gasteiger partial charge in [0, 0.05) is 73.8 Å². The second-order valence-corrected chi connectivity index (χ2v) is 30.9. The molecule has 0 aromatic carbocycles. The fourth-order valence-corrected chi connectivity index (χ4v) is 16.6. The predicted molar refractivity (Wildman–Crippen MR) is 359 cm³/mol. The monoisotopic (exact) mass is 1460 g/mol. The van der Waals surface area contributed by atoms with Crippen LogP contribution in [-0.2, 0) is 57.5 Å². The molecule has 13 atom stereocenters. The summed E-state index contributed by atoms with van der Waals surface area (Å²) in [6, 6.07) is -11.3. The van der Waals surface area contributed by atoms with Gasteiger partial charge in [0.1, 0.15) is 72.1 Å². The highest BCUT2D eigenvalue weighted by atomic mass is 19.4. The first-order chi connectivity index (χ1) is 47.7. The van der Waals surface area contributed by atoms with Crippen LogP contribution in [0.2, 0.25) is 0 Å². The zero-order valence-corrected chi connectivity index (χ0v) is 61.4. The zero-order chi connectivity index (χ0) is 75.8. The maximum atomic E-state index is 15.5. The lowest BCUT2D eigenvalue weighted by Crippen LogP contribution is -2.65. The van der Waals surface area contributed by atoms with Crippen LogP contribution in [0.3, 0.4) is 0 Å². The first kappa shape index (κ1) is 82.9. The minimum Gasteiger partial charge on any atom is -0.377 e. The second-order valence-electron chi connectivity index (χ2n) is 30.9. The molecule has 0 aromatic rings. The molecular formula is C71H111F8N11O12. The van der Waals surface area contributed by atoms with E-state index in [0.717, 1.165) is 27.5 Å². The molecule has 3 aliphatic heterocycles. The van der Waals surface area contributed by atoms with E-state index in [1.807, 2.05) is 13.8 Å². The van der Waals surface area contributed by atoms with Gasteiger partial charge in [-0.25, -0.2) is 8.78 Å². The van der Waals surface area contributed by atoms with Crippen molar-refractivity contribution < 1.29 is 92.6 Å². The smallest absolute Gasteiger partial charge is 0.377 e. The molecule has 3 saturated heterocycles. The van der Waals surface area contributed by atoms with E-state index in [1.54, 1.807) is 27.7 Å². The summed E-state index contributed by atoms with van der Waals surface area (Å²) in [5, 5.41) is 11.2. The Labute approximate surface area is 594 Å². The number of likely N-dealkylation sites (N-methyl/N-ethyl adjacent to an activating group) is 5. The Bertz CT molecular complexity index is 2970. The summed E-state index contributed by atoms with van der Waals surface area (Å²) in [5.74, 6) is -15.2. The molecule has 4 aliphatic carbocycles. The van der Waals surface area contributed by atoms with E-state index in [1.165, 1.54) is 61.8 Å². The Morgan fingerprint density at radius 2 is 1.22 bits per heavy atom. The van der Waals surface area contributed by atoms with Gasteiger partial charge in [0.25, 0.3) is 0 Å². The molecule has 4 saturated carbocycles. The SMILES string of the molecule is CCO[C@@H]1C[C@H]2C(=O)NC3(CCCC3)C(=O)N(C)[C@@H](C3CCCC3)C(=O)N(C)[C@H](C)CC(=O)N(C)[C@@H](CC(C)C)C(=O)N[C@@H]([C@@H](C)CC)C(=O)N(C)[C@@H](C)C(=O)N3CC[C@H]3C(=O)N[C@@H](CC3CCC(C(F)(F)F)CC3)C(=O)N(C)CC(=O)N[C@@H](CCC3CC(F)C(C(F)(F)F)C(F)C3)C(=O)N2C1. The van der Waals surface area contributed by atoms with Crippen molar-refractivity contribution in [2.45, 2.75) is 280 Å². The second kappa shape index (κ2) is 35.1. The number of halogens is 8. The van der Waals surface area contributed by atoms with Gasteiger partial charge < -0.3 is 60.3 Å². The minimum absolute atomic E-state index is 0.00615. The molecule has 102 heavy (non-hydrogen) atoms. The van der Waals surface area contributed by atoms with Crippen LogP contribution in [-0.4, -0.2) is 251 Å². The van der Waals surface area contributed by atoms with Gasteiger partial charge in [0.05, 0.1) is 18.6 Å². The lowest BCUT2D eigenvalue weighted by molar-refractivity contribution is -0.219. The zero-order valence-electron chi connectivity index (χ0n) is 61.4. The van der Waals surface area contributed by atoms with Gasteiger partial charge in [-0.2, -0.15) is 26.3 Å². The summed E-state index contributed by atoms with van der Waals surface area (Å²) in [5.41, 5.74) is -1.63. The van der Waals surface area contributed by atoms with Crippen LogP contribution in [0.4, 0.5) is 35.1 Å². The number of hydrogen-bond acceptors (Lipinski definition) is 12. The highest BCUT2D eigenvalue weighted by Gasteiger charge is 2.56.